The molecule has 3 rings (SSSR count). The minimum absolute atomic E-state index is 0.0742. The molecule has 0 aliphatic rings. The monoisotopic (exact) mass is 426 g/mol. The maximum atomic E-state index is 12.3. The highest BCUT2D eigenvalue weighted by Gasteiger charge is 2.11. The quantitative estimate of drug-likeness (QED) is 0.390. The normalized spacial score (nSPS) is 10.6. The van der Waals surface area contributed by atoms with E-state index in [4.69, 9.17) is 4.74 Å². The van der Waals surface area contributed by atoms with Gasteiger partial charge in [0.05, 0.1) is 25.0 Å². The lowest BCUT2D eigenvalue weighted by atomic mass is 10.1. The van der Waals surface area contributed by atoms with Crippen LogP contribution in [0, 0.1) is 0 Å². The second kappa shape index (κ2) is 10.2. The first-order chi connectivity index (χ1) is 14.1. The molecule has 29 heavy (non-hydrogen) atoms. The van der Waals surface area contributed by atoms with Gasteiger partial charge in [0.1, 0.15) is 5.75 Å². The molecule has 0 saturated carbocycles. The SMILES string of the molecule is CCc1ccc(C(=O)CSc2nc(CC(=O)Nc3cccc(OC)c3)cs2)cc1. The van der Waals surface area contributed by atoms with Gasteiger partial charge in [-0.2, -0.15) is 0 Å². The summed E-state index contributed by atoms with van der Waals surface area (Å²) >= 11 is 2.85. The highest BCUT2D eigenvalue weighted by atomic mass is 32.2. The predicted molar refractivity (Wildman–Crippen MR) is 118 cm³/mol. The van der Waals surface area contributed by atoms with Gasteiger partial charge in [-0.15, -0.1) is 11.3 Å². The fourth-order valence-corrected chi connectivity index (χ4v) is 4.38. The number of rotatable bonds is 9. The number of amides is 1. The van der Waals surface area contributed by atoms with Gasteiger partial charge < -0.3 is 10.1 Å². The third-order valence-corrected chi connectivity index (χ3v) is 6.31. The molecule has 1 amide bonds. The summed E-state index contributed by atoms with van der Waals surface area (Å²) in [7, 11) is 1.58. The van der Waals surface area contributed by atoms with E-state index in [2.05, 4.69) is 17.2 Å². The average molecular weight is 427 g/mol. The molecule has 2 aromatic carbocycles. The molecule has 0 aliphatic heterocycles. The molecular weight excluding hydrogens is 404 g/mol. The first kappa shape index (κ1) is 21.1. The molecule has 0 fully saturated rings. The molecule has 0 bridgehead atoms. The molecule has 0 saturated heterocycles. The van der Waals surface area contributed by atoms with E-state index < -0.39 is 0 Å². The van der Waals surface area contributed by atoms with Crippen LogP contribution in [0.5, 0.6) is 5.75 Å². The van der Waals surface area contributed by atoms with E-state index >= 15 is 0 Å². The largest absolute Gasteiger partial charge is 0.497 e. The first-order valence-electron chi connectivity index (χ1n) is 9.20. The Labute approximate surface area is 178 Å². The van der Waals surface area contributed by atoms with Crippen LogP contribution in [0.1, 0.15) is 28.5 Å². The number of nitrogens with zero attached hydrogens (tertiary/aromatic N) is 1. The number of hydrogen-bond acceptors (Lipinski definition) is 6. The van der Waals surface area contributed by atoms with E-state index in [1.807, 2.05) is 41.8 Å². The van der Waals surface area contributed by atoms with Crippen LogP contribution in [-0.4, -0.2) is 29.5 Å². The zero-order valence-electron chi connectivity index (χ0n) is 16.3. The third kappa shape index (κ3) is 6.17. The van der Waals surface area contributed by atoms with Crippen LogP contribution in [0.15, 0.2) is 58.3 Å². The summed E-state index contributed by atoms with van der Waals surface area (Å²) in [6.45, 7) is 2.09. The number of thiazole rings is 1. The fraction of sp³-hybridized carbons (Fsp3) is 0.227. The highest BCUT2D eigenvalue weighted by Crippen LogP contribution is 2.24. The fourth-order valence-electron chi connectivity index (χ4n) is 2.64. The topological polar surface area (TPSA) is 68.3 Å². The van der Waals surface area contributed by atoms with Gasteiger partial charge in [0.2, 0.25) is 5.91 Å². The standard InChI is InChI=1S/C22H22N2O3S2/c1-3-15-7-9-16(10-8-15)20(25)14-29-22-24-18(13-28-22)12-21(26)23-17-5-4-6-19(11-17)27-2/h4-11,13H,3,12,14H2,1-2H3,(H,23,26). The molecule has 1 heterocycles. The molecule has 1 N–H and O–H groups in total. The molecule has 1 aromatic heterocycles. The molecule has 0 atom stereocenters. The van der Waals surface area contributed by atoms with Gasteiger partial charge in [-0.3, -0.25) is 9.59 Å². The van der Waals surface area contributed by atoms with Crippen LogP contribution in [0.3, 0.4) is 0 Å². The van der Waals surface area contributed by atoms with Crippen molar-refractivity contribution in [3.8, 4) is 5.75 Å². The van der Waals surface area contributed by atoms with Gasteiger partial charge in [-0.25, -0.2) is 4.98 Å². The van der Waals surface area contributed by atoms with Crippen LogP contribution in [0.4, 0.5) is 5.69 Å². The molecular formula is C22H22N2O3S2. The zero-order chi connectivity index (χ0) is 20.6. The number of Topliss-reactive ketones (excluding diaryl/α,β-unsaturated/α-hetero) is 1. The number of methoxy groups -OCH3 is 1. The van der Waals surface area contributed by atoms with Crippen molar-refractivity contribution in [3.63, 3.8) is 0 Å². The number of ether oxygens (including phenoxy) is 1. The van der Waals surface area contributed by atoms with E-state index in [0.29, 0.717) is 28.4 Å². The van der Waals surface area contributed by atoms with E-state index in [0.717, 1.165) is 10.8 Å². The van der Waals surface area contributed by atoms with Crippen LogP contribution in [0.2, 0.25) is 0 Å². The minimum Gasteiger partial charge on any atom is -0.497 e. The van der Waals surface area contributed by atoms with Gasteiger partial charge >= 0.3 is 0 Å². The molecule has 0 unspecified atom stereocenters. The van der Waals surface area contributed by atoms with E-state index in [9.17, 15) is 9.59 Å². The number of benzene rings is 2. The van der Waals surface area contributed by atoms with Gasteiger partial charge in [0.15, 0.2) is 10.1 Å². The summed E-state index contributed by atoms with van der Waals surface area (Å²) < 4.78 is 5.94. The summed E-state index contributed by atoms with van der Waals surface area (Å²) in [5, 5.41) is 4.70. The summed E-state index contributed by atoms with van der Waals surface area (Å²) in [5.74, 6) is 0.940. The Balaban J connectivity index is 1.50. The van der Waals surface area contributed by atoms with Crippen molar-refractivity contribution in [1.29, 1.82) is 0 Å². The third-order valence-electron chi connectivity index (χ3n) is 4.24. The van der Waals surface area contributed by atoms with Gasteiger partial charge in [0.25, 0.3) is 0 Å². The van der Waals surface area contributed by atoms with Crippen LogP contribution in [0.25, 0.3) is 0 Å². The summed E-state index contributed by atoms with van der Waals surface area (Å²) in [6, 6.07) is 14.9. The van der Waals surface area contributed by atoms with Gasteiger partial charge in [-0.05, 0) is 24.1 Å². The number of hydrogen-bond donors (Lipinski definition) is 1. The molecule has 5 nitrogen and oxygen atoms in total. The van der Waals surface area contributed by atoms with E-state index in [-0.39, 0.29) is 18.1 Å². The second-order valence-corrected chi connectivity index (χ2v) is 8.40. The maximum absolute atomic E-state index is 12.3. The van der Waals surface area contributed by atoms with E-state index in [1.165, 1.54) is 28.7 Å². The lowest BCUT2D eigenvalue weighted by molar-refractivity contribution is -0.115. The smallest absolute Gasteiger partial charge is 0.230 e. The number of aromatic nitrogens is 1. The summed E-state index contributed by atoms with van der Waals surface area (Å²) in [6.07, 6.45) is 1.14. The number of carbonyl (C=O) groups is 2. The lowest BCUT2D eigenvalue weighted by Crippen LogP contribution is -2.14. The Hall–Kier alpha value is -2.64. The zero-order valence-corrected chi connectivity index (χ0v) is 17.9. The molecule has 3 aromatic rings. The van der Waals surface area contributed by atoms with Crippen molar-refractivity contribution >= 4 is 40.5 Å². The number of carbonyl (C=O) groups excluding carboxylic acids is 2. The van der Waals surface area contributed by atoms with Crippen LogP contribution < -0.4 is 10.1 Å². The Morgan fingerprint density at radius 2 is 1.97 bits per heavy atom. The minimum atomic E-state index is -0.146. The van der Waals surface area contributed by atoms with Crippen molar-refractivity contribution in [2.24, 2.45) is 0 Å². The second-order valence-electron chi connectivity index (χ2n) is 6.32. The lowest BCUT2D eigenvalue weighted by Gasteiger charge is -2.06. The molecule has 0 radical (unpaired) electrons. The highest BCUT2D eigenvalue weighted by molar-refractivity contribution is 8.01. The summed E-state index contributed by atoms with van der Waals surface area (Å²) in [4.78, 5) is 29.0. The summed E-state index contributed by atoms with van der Waals surface area (Å²) in [5.41, 5.74) is 3.30. The van der Waals surface area contributed by atoms with Crippen LogP contribution in [-0.2, 0) is 17.6 Å². The Bertz CT molecular complexity index is 984. The number of nitrogens with one attached hydrogen (secondary N) is 1. The predicted octanol–water partition coefficient (Wildman–Crippen LogP) is 4.87. The van der Waals surface area contributed by atoms with Crippen molar-refractivity contribution in [2.75, 3.05) is 18.2 Å². The molecule has 0 aliphatic carbocycles. The van der Waals surface area contributed by atoms with Crippen molar-refractivity contribution < 1.29 is 14.3 Å². The molecule has 0 spiro atoms. The number of aryl methyl sites for hydroxylation is 1. The van der Waals surface area contributed by atoms with Crippen LogP contribution >= 0.6 is 23.1 Å². The Kier molecular flexibility index (Phi) is 7.43. The van der Waals surface area contributed by atoms with Crippen molar-refractivity contribution in [1.82, 2.24) is 4.98 Å². The van der Waals surface area contributed by atoms with Crippen molar-refractivity contribution in [2.45, 2.75) is 24.1 Å². The van der Waals surface area contributed by atoms with E-state index in [1.54, 1.807) is 19.2 Å². The molecule has 150 valence electrons. The van der Waals surface area contributed by atoms with Gasteiger partial charge in [-0.1, -0.05) is 49.0 Å². The number of thioether (sulfide) groups is 1. The molecule has 7 heteroatoms. The average Bonchev–Trinajstić information content (AvgIpc) is 3.19. The maximum Gasteiger partial charge on any atom is 0.230 e. The number of anilines is 1. The number of ketones is 1. The Morgan fingerprint density at radius 3 is 2.69 bits per heavy atom. The first-order valence-corrected chi connectivity index (χ1v) is 11.1. The van der Waals surface area contributed by atoms with Crippen molar-refractivity contribution in [3.05, 3.63) is 70.7 Å². The van der Waals surface area contributed by atoms with Gasteiger partial charge in [0, 0.05) is 22.7 Å². The Morgan fingerprint density at radius 1 is 1.17 bits per heavy atom.